The number of amides is 1. The summed E-state index contributed by atoms with van der Waals surface area (Å²) in [6.07, 6.45) is 0. The van der Waals surface area contributed by atoms with Crippen molar-refractivity contribution in [2.75, 3.05) is 49.5 Å². The van der Waals surface area contributed by atoms with Gasteiger partial charge < -0.3 is 15.5 Å². The average molecular weight is 528 g/mol. The van der Waals surface area contributed by atoms with Crippen molar-refractivity contribution >= 4 is 51.4 Å². The van der Waals surface area contributed by atoms with E-state index in [9.17, 15) is 4.79 Å². The smallest absolute Gasteiger partial charge is 0.251 e. The molecule has 3 heterocycles. The number of aromatic nitrogens is 5. The van der Waals surface area contributed by atoms with Crippen molar-refractivity contribution in [3.05, 3.63) is 83.4 Å². The molecule has 10 nitrogen and oxygen atoms in total. The summed E-state index contributed by atoms with van der Waals surface area (Å²) in [7, 11) is 0. The Morgan fingerprint density at radius 2 is 1.76 bits per heavy atom. The Bertz CT molecular complexity index is 1580. The minimum atomic E-state index is -0.0954. The van der Waals surface area contributed by atoms with Crippen LogP contribution in [0.25, 0.3) is 16.7 Å². The average Bonchev–Trinajstić information content (AvgIpc) is 3.45. The number of anilines is 3. The molecule has 11 heteroatoms. The van der Waals surface area contributed by atoms with Crippen LogP contribution in [-0.4, -0.2) is 75.1 Å². The van der Waals surface area contributed by atoms with Crippen LogP contribution in [0.4, 0.5) is 17.2 Å². The molecule has 0 bridgehead atoms. The van der Waals surface area contributed by atoms with Gasteiger partial charge in [-0.15, -0.1) is 5.10 Å². The Hall–Kier alpha value is -4.28. The van der Waals surface area contributed by atoms with Crippen molar-refractivity contribution < 1.29 is 4.79 Å². The lowest BCUT2D eigenvalue weighted by molar-refractivity contribution is 0.0948. The van der Waals surface area contributed by atoms with Crippen molar-refractivity contribution in [2.24, 2.45) is 0 Å². The maximum atomic E-state index is 12.7. The van der Waals surface area contributed by atoms with Gasteiger partial charge in [-0.05, 0) is 65.0 Å². The predicted octanol–water partition coefficient (Wildman–Crippen LogP) is 3.62. The molecule has 1 fully saturated rings. The highest BCUT2D eigenvalue weighted by Crippen LogP contribution is 2.23. The standard InChI is InChI=1S/C27H26ClN9O/c28-20-4-3-5-22(18-20)36-16-14-35(15-17-36)13-12-29-27(38)19-8-10-21(11-9-19)30-25-26-32-33-34-37(26)24-7-2-1-6-23(24)31-25/h1-11,18H,12-17H2,(H,29,38)(H,30,31). The molecule has 0 spiro atoms. The van der Waals surface area contributed by atoms with E-state index in [4.69, 9.17) is 11.6 Å². The lowest BCUT2D eigenvalue weighted by Crippen LogP contribution is -2.48. The highest BCUT2D eigenvalue weighted by atomic mass is 35.5. The van der Waals surface area contributed by atoms with Crippen LogP contribution in [0.2, 0.25) is 5.02 Å². The number of nitrogens with zero attached hydrogens (tertiary/aromatic N) is 7. The molecule has 1 saturated heterocycles. The number of para-hydroxylation sites is 2. The molecule has 0 saturated carbocycles. The van der Waals surface area contributed by atoms with Crippen LogP contribution in [-0.2, 0) is 0 Å². The van der Waals surface area contributed by atoms with Crippen molar-refractivity contribution in [3.63, 3.8) is 0 Å². The number of carbonyl (C=O) groups is 1. The first-order valence-corrected chi connectivity index (χ1v) is 12.9. The summed E-state index contributed by atoms with van der Waals surface area (Å²) in [6.45, 7) is 5.17. The molecule has 6 rings (SSSR count). The second-order valence-corrected chi connectivity index (χ2v) is 9.57. The van der Waals surface area contributed by atoms with Gasteiger partial charge in [0.25, 0.3) is 5.91 Å². The first-order chi connectivity index (χ1) is 18.6. The molecule has 0 atom stereocenters. The number of carbonyl (C=O) groups excluding carboxylic acids is 1. The van der Waals surface area contributed by atoms with Crippen LogP contribution in [0, 0.1) is 0 Å². The fraction of sp³-hybridized carbons (Fsp3) is 0.222. The van der Waals surface area contributed by atoms with Gasteiger partial charge in [0.05, 0.1) is 11.0 Å². The van der Waals surface area contributed by atoms with Gasteiger partial charge in [-0.1, -0.05) is 29.8 Å². The Morgan fingerprint density at radius 1 is 0.947 bits per heavy atom. The van der Waals surface area contributed by atoms with Crippen LogP contribution in [0.1, 0.15) is 10.4 Å². The third-order valence-electron chi connectivity index (χ3n) is 6.69. The number of piperazine rings is 1. The maximum absolute atomic E-state index is 12.7. The Kier molecular flexibility index (Phi) is 6.72. The summed E-state index contributed by atoms with van der Waals surface area (Å²) in [6, 6.07) is 22.9. The molecule has 3 aromatic carbocycles. The number of fused-ring (bicyclic) bond motifs is 3. The first-order valence-electron chi connectivity index (χ1n) is 12.5. The van der Waals surface area contributed by atoms with Gasteiger partial charge in [0.2, 0.25) is 5.65 Å². The topological polar surface area (TPSA) is 104 Å². The number of hydrogen-bond acceptors (Lipinski definition) is 8. The van der Waals surface area contributed by atoms with E-state index in [0.29, 0.717) is 23.6 Å². The fourth-order valence-electron chi connectivity index (χ4n) is 4.66. The largest absolute Gasteiger partial charge is 0.369 e. The molecule has 192 valence electrons. The number of benzene rings is 3. The van der Waals surface area contributed by atoms with Crippen LogP contribution >= 0.6 is 11.6 Å². The molecular formula is C27H26ClN9O. The molecule has 38 heavy (non-hydrogen) atoms. The van der Waals surface area contributed by atoms with Gasteiger partial charge in [-0.3, -0.25) is 9.69 Å². The monoisotopic (exact) mass is 527 g/mol. The molecular weight excluding hydrogens is 502 g/mol. The quantitative estimate of drug-likeness (QED) is 0.331. The highest BCUT2D eigenvalue weighted by molar-refractivity contribution is 6.30. The third-order valence-corrected chi connectivity index (χ3v) is 6.93. The van der Waals surface area contributed by atoms with E-state index in [1.54, 1.807) is 16.6 Å². The Balaban J connectivity index is 1.02. The molecule has 2 N–H and O–H groups in total. The van der Waals surface area contributed by atoms with E-state index in [1.165, 1.54) is 0 Å². The maximum Gasteiger partial charge on any atom is 0.251 e. The summed E-state index contributed by atoms with van der Waals surface area (Å²) in [5, 5.41) is 19.0. The van der Waals surface area contributed by atoms with Crippen molar-refractivity contribution in [1.29, 1.82) is 0 Å². The molecule has 0 aliphatic carbocycles. The van der Waals surface area contributed by atoms with Gasteiger partial charge >= 0.3 is 0 Å². The second kappa shape index (κ2) is 10.6. The minimum Gasteiger partial charge on any atom is -0.369 e. The third kappa shape index (κ3) is 5.09. The van der Waals surface area contributed by atoms with Gasteiger partial charge in [-0.25, -0.2) is 4.98 Å². The van der Waals surface area contributed by atoms with E-state index in [0.717, 1.165) is 60.2 Å². The zero-order valence-corrected chi connectivity index (χ0v) is 21.3. The summed E-state index contributed by atoms with van der Waals surface area (Å²) in [5.41, 5.74) is 4.67. The number of tetrazole rings is 1. The summed E-state index contributed by atoms with van der Waals surface area (Å²) in [5.74, 6) is 0.448. The highest BCUT2D eigenvalue weighted by Gasteiger charge is 2.17. The Labute approximate surface area is 224 Å². The zero-order valence-electron chi connectivity index (χ0n) is 20.6. The lowest BCUT2D eigenvalue weighted by Gasteiger charge is -2.36. The van der Waals surface area contributed by atoms with E-state index in [-0.39, 0.29) is 5.91 Å². The van der Waals surface area contributed by atoms with E-state index < -0.39 is 0 Å². The van der Waals surface area contributed by atoms with E-state index in [1.807, 2.05) is 54.6 Å². The number of halogens is 1. The zero-order chi connectivity index (χ0) is 25.9. The van der Waals surface area contributed by atoms with Gasteiger partial charge in [0.15, 0.2) is 5.82 Å². The van der Waals surface area contributed by atoms with Crippen molar-refractivity contribution in [1.82, 2.24) is 35.2 Å². The SMILES string of the molecule is O=C(NCCN1CCN(c2cccc(Cl)c2)CC1)c1ccc(Nc2nc3ccccc3n3nnnc23)cc1. The van der Waals surface area contributed by atoms with Gasteiger partial charge in [0.1, 0.15) is 0 Å². The summed E-state index contributed by atoms with van der Waals surface area (Å²) >= 11 is 6.13. The van der Waals surface area contributed by atoms with E-state index >= 15 is 0 Å². The molecule has 1 amide bonds. The molecule has 1 aliphatic rings. The molecule has 2 aromatic heterocycles. The van der Waals surface area contributed by atoms with Crippen LogP contribution in [0.15, 0.2) is 72.8 Å². The second-order valence-electron chi connectivity index (χ2n) is 9.13. The van der Waals surface area contributed by atoms with Crippen LogP contribution < -0.4 is 15.5 Å². The normalized spacial score (nSPS) is 14.2. The summed E-state index contributed by atoms with van der Waals surface area (Å²) in [4.78, 5) is 22.1. The molecule has 1 aliphatic heterocycles. The van der Waals surface area contributed by atoms with Crippen molar-refractivity contribution in [2.45, 2.75) is 0 Å². The van der Waals surface area contributed by atoms with Crippen LogP contribution in [0.3, 0.4) is 0 Å². The number of rotatable bonds is 7. The Morgan fingerprint density at radius 3 is 2.58 bits per heavy atom. The molecule has 0 unspecified atom stereocenters. The number of hydrogen-bond donors (Lipinski definition) is 2. The minimum absolute atomic E-state index is 0.0954. The molecule has 5 aromatic rings. The number of nitrogens with one attached hydrogen (secondary N) is 2. The van der Waals surface area contributed by atoms with Crippen LogP contribution in [0.5, 0.6) is 0 Å². The van der Waals surface area contributed by atoms with Gasteiger partial charge in [-0.2, -0.15) is 4.52 Å². The van der Waals surface area contributed by atoms with Crippen molar-refractivity contribution in [3.8, 4) is 0 Å². The van der Waals surface area contributed by atoms with Gasteiger partial charge in [0, 0.05) is 61.2 Å². The first kappa shape index (κ1) is 24.1. The molecule has 0 radical (unpaired) electrons. The summed E-state index contributed by atoms with van der Waals surface area (Å²) < 4.78 is 1.66. The predicted molar refractivity (Wildman–Crippen MR) is 148 cm³/mol. The van der Waals surface area contributed by atoms with E-state index in [2.05, 4.69) is 47.0 Å². The fourth-order valence-corrected chi connectivity index (χ4v) is 4.85. The lowest BCUT2D eigenvalue weighted by atomic mass is 10.2.